The molecule has 0 N–H and O–H groups in total. The Bertz CT molecular complexity index is 499. The molecular formula is C14H21N5O. The summed E-state index contributed by atoms with van der Waals surface area (Å²) in [5, 5.41) is 9.33. The molecule has 6 nitrogen and oxygen atoms in total. The van der Waals surface area contributed by atoms with Crippen LogP contribution >= 0.6 is 0 Å². The molecule has 1 rings (SSSR count). The number of carbonyl (C=O) groups is 1. The summed E-state index contributed by atoms with van der Waals surface area (Å²) in [6, 6.07) is 1.22. The van der Waals surface area contributed by atoms with Gasteiger partial charge < -0.3 is 4.90 Å². The van der Waals surface area contributed by atoms with Gasteiger partial charge in [0.05, 0.1) is 0 Å². The largest absolute Gasteiger partial charge is 0.341 e. The van der Waals surface area contributed by atoms with E-state index in [9.17, 15) is 10.1 Å². The number of hydrogen-bond acceptors (Lipinski definition) is 5. The molecule has 108 valence electrons. The van der Waals surface area contributed by atoms with E-state index in [-0.39, 0.29) is 11.9 Å². The van der Waals surface area contributed by atoms with Crippen LogP contribution in [-0.2, 0) is 4.79 Å². The van der Waals surface area contributed by atoms with E-state index in [2.05, 4.69) is 9.97 Å². The van der Waals surface area contributed by atoms with Gasteiger partial charge in [-0.1, -0.05) is 0 Å². The number of nitrogens with zero attached hydrogens (tertiary/aromatic N) is 5. The molecule has 0 radical (unpaired) electrons. The first-order valence-corrected chi connectivity index (χ1v) is 6.74. The zero-order valence-electron chi connectivity index (χ0n) is 12.7. The van der Waals surface area contributed by atoms with Gasteiger partial charge in [0, 0.05) is 24.5 Å². The summed E-state index contributed by atoms with van der Waals surface area (Å²) in [7, 11) is 0. The second-order valence-electron chi connectivity index (χ2n) is 4.61. The third-order valence-electron chi connectivity index (χ3n) is 3.11. The highest BCUT2D eigenvalue weighted by Crippen LogP contribution is 2.14. The van der Waals surface area contributed by atoms with E-state index >= 15 is 0 Å². The zero-order chi connectivity index (χ0) is 15.3. The number of nitriles is 1. The van der Waals surface area contributed by atoms with E-state index in [1.54, 1.807) is 11.8 Å². The first-order valence-electron chi connectivity index (χ1n) is 6.74. The van der Waals surface area contributed by atoms with Crippen LogP contribution in [-0.4, -0.2) is 39.9 Å². The third-order valence-corrected chi connectivity index (χ3v) is 3.11. The lowest BCUT2D eigenvalue weighted by Gasteiger charge is -2.27. The van der Waals surface area contributed by atoms with Crippen LogP contribution in [0.3, 0.4) is 0 Å². The molecule has 0 spiro atoms. The van der Waals surface area contributed by atoms with Crippen molar-refractivity contribution in [3.05, 3.63) is 17.5 Å². The summed E-state index contributed by atoms with van der Waals surface area (Å²) in [5.74, 6) is 0.178. The minimum Gasteiger partial charge on any atom is -0.341 e. The predicted molar refractivity (Wildman–Crippen MR) is 77.0 cm³/mol. The van der Waals surface area contributed by atoms with Gasteiger partial charge in [-0.2, -0.15) is 5.26 Å². The summed E-state index contributed by atoms with van der Waals surface area (Å²) in [5.41, 5.74) is 1.55. The Kier molecular flexibility index (Phi) is 5.44. The fourth-order valence-electron chi connectivity index (χ4n) is 2.03. The van der Waals surface area contributed by atoms with E-state index < -0.39 is 6.04 Å². The summed E-state index contributed by atoms with van der Waals surface area (Å²) < 4.78 is 0. The van der Waals surface area contributed by atoms with Gasteiger partial charge in [-0.15, -0.1) is 0 Å². The topological polar surface area (TPSA) is 73.1 Å². The van der Waals surface area contributed by atoms with Gasteiger partial charge >= 0.3 is 0 Å². The lowest BCUT2D eigenvalue weighted by molar-refractivity contribution is -0.131. The van der Waals surface area contributed by atoms with Crippen molar-refractivity contribution in [3.63, 3.8) is 0 Å². The molecule has 0 fully saturated rings. The highest BCUT2D eigenvalue weighted by atomic mass is 16.2. The lowest BCUT2D eigenvalue weighted by Crippen LogP contribution is -2.46. The molecule has 0 aliphatic carbocycles. The maximum Gasteiger partial charge on any atom is 0.246 e. The van der Waals surface area contributed by atoms with Gasteiger partial charge in [0.25, 0.3) is 0 Å². The van der Waals surface area contributed by atoms with Gasteiger partial charge in [-0.3, -0.25) is 4.79 Å². The first kappa shape index (κ1) is 15.9. The maximum absolute atomic E-state index is 12.3. The van der Waals surface area contributed by atoms with Crippen LogP contribution in [0.2, 0.25) is 0 Å². The van der Waals surface area contributed by atoms with E-state index in [0.717, 1.165) is 11.4 Å². The second-order valence-corrected chi connectivity index (χ2v) is 4.61. The Hall–Kier alpha value is -2.16. The summed E-state index contributed by atoms with van der Waals surface area (Å²) in [6.07, 6.45) is 2.02. The van der Waals surface area contributed by atoms with Gasteiger partial charge in [0.1, 0.15) is 6.04 Å². The van der Waals surface area contributed by atoms with Gasteiger partial charge in [-0.25, -0.2) is 14.9 Å². The van der Waals surface area contributed by atoms with Crippen LogP contribution in [0.1, 0.15) is 32.2 Å². The van der Waals surface area contributed by atoms with Crippen molar-refractivity contribution >= 4 is 11.9 Å². The summed E-state index contributed by atoms with van der Waals surface area (Å²) in [4.78, 5) is 23.8. The molecule has 0 aliphatic rings. The Morgan fingerprint density at radius 1 is 1.30 bits per heavy atom. The number of amides is 1. The van der Waals surface area contributed by atoms with Crippen LogP contribution in [0.25, 0.3) is 0 Å². The van der Waals surface area contributed by atoms with Crippen molar-refractivity contribution in [2.24, 2.45) is 0 Å². The molecule has 1 amide bonds. The van der Waals surface area contributed by atoms with E-state index in [4.69, 9.17) is 0 Å². The molecular weight excluding hydrogens is 254 g/mol. The highest BCUT2D eigenvalue weighted by Gasteiger charge is 2.27. The quantitative estimate of drug-likeness (QED) is 0.603. The van der Waals surface area contributed by atoms with Gasteiger partial charge in [0.15, 0.2) is 6.19 Å². The third kappa shape index (κ3) is 3.44. The number of aryl methyl sites for hydroxylation is 2. The SMILES string of the molecule is CCN(CC)C(=O)[C@@H](C)N(C#N)c1nc(C)cc(C)n1. The number of anilines is 1. The summed E-state index contributed by atoms with van der Waals surface area (Å²) in [6.45, 7) is 10.4. The van der Waals surface area contributed by atoms with Gasteiger partial charge in [0.2, 0.25) is 11.9 Å². The molecule has 1 aromatic rings. The van der Waals surface area contributed by atoms with Crippen molar-refractivity contribution < 1.29 is 4.79 Å². The van der Waals surface area contributed by atoms with Crippen LogP contribution < -0.4 is 4.90 Å². The predicted octanol–water partition coefficient (Wildman–Crippen LogP) is 1.64. The number of hydrogen-bond donors (Lipinski definition) is 0. The monoisotopic (exact) mass is 275 g/mol. The van der Waals surface area contributed by atoms with Crippen LogP contribution in [0.15, 0.2) is 6.07 Å². The Morgan fingerprint density at radius 3 is 2.20 bits per heavy atom. The zero-order valence-corrected chi connectivity index (χ0v) is 12.7. The van der Waals surface area contributed by atoms with Crippen molar-refractivity contribution in [3.8, 4) is 6.19 Å². The molecule has 0 aliphatic heterocycles. The molecule has 1 atom stereocenters. The molecule has 20 heavy (non-hydrogen) atoms. The standard InChI is InChI=1S/C14H21N5O/c1-6-18(7-2)13(20)12(5)19(9-15)14-16-10(3)8-11(4)17-14/h8,12H,6-7H2,1-5H3/t12-/m1/s1. The lowest BCUT2D eigenvalue weighted by atomic mass is 10.2. The highest BCUT2D eigenvalue weighted by molar-refractivity contribution is 5.85. The van der Waals surface area contributed by atoms with E-state index in [1.165, 1.54) is 4.90 Å². The first-order chi connectivity index (χ1) is 9.44. The molecule has 6 heteroatoms. The number of aromatic nitrogens is 2. The minimum absolute atomic E-state index is 0.0979. The second kappa shape index (κ2) is 6.85. The number of rotatable bonds is 5. The fourth-order valence-corrected chi connectivity index (χ4v) is 2.03. The average molecular weight is 275 g/mol. The van der Waals surface area contributed by atoms with Crippen molar-refractivity contribution in [1.82, 2.24) is 14.9 Å². The molecule has 0 saturated carbocycles. The normalized spacial score (nSPS) is 11.6. The number of likely N-dealkylation sites (N-methyl/N-ethyl adjacent to an activating group) is 1. The molecule has 0 bridgehead atoms. The van der Waals surface area contributed by atoms with Crippen molar-refractivity contribution in [2.75, 3.05) is 18.0 Å². The Labute approximate surface area is 120 Å². The molecule has 0 aromatic carbocycles. The molecule has 1 heterocycles. The molecule has 0 saturated heterocycles. The Morgan fingerprint density at radius 2 is 1.80 bits per heavy atom. The van der Waals surface area contributed by atoms with E-state index in [1.807, 2.05) is 40.0 Å². The van der Waals surface area contributed by atoms with Crippen molar-refractivity contribution in [2.45, 2.75) is 40.7 Å². The van der Waals surface area contributed by atoms with Gasteiger partial charge in [-0.05, 0) is 40.7 Å². The number of carbonyl (C=O) groups excluding carboxylic acids is 1. The maximum atomic E-state index is 12.3. The fraction of sp³-hybridized carbons (Fsp3) is 0.571. The van der Waals surface area contributed by atoms with E-state index in [0.29, 0.717) is 13.1 Å². The average Bonchev–Trinajstić information content (AvgIpc) is 2.39. The minimum atomic E-state index is -0.610. The Balaban J connectivity index is 3.07. The van der Waals surface area contributed by atoms with Crippen LogP contribution in [0, 0.1) is 25.3 Å². The molecule has 0 unspecified atom stereocenters. The smallest absolute Gasteiger partial charge is 0.246 e. The summed E-state index contributed by atoms with van der Waals surface area (Å²) >= 11 is 0. The van der Waals surface area contributed by atoms with Crippen LogP contribution in [0.5, 0.6) is 0 Å². The molecule has 1 aromatic heterocycles. The van der Waals surface area contributed by atoms with Crippen molar-refractivity contribution in [1.29, 1.82) is 5.26 Å². The van der Waals surface area contributed by atoms with Crippen LogP contribution in [0.4, 0.5) is 5.95 Å².